The number of nitrogens with one attached hydrogen (secondary N) is 1. The van der Waals surface area contributed by atoms with Gasteiger partial charge in [0.25, 0.3) is 0 Å². The predicted octanol–water partition coefficient (Wildman–Crippen LogP) is 3.18. The van der Waals surface area contributed by atoms with E-state index in [1.54, 1.807) is 38.1 Å². The van der Waals surface area contributed by atoms with Crippen molar-refractivity contribution in [3.05, 3.63) is 63.0 Å². The van der Waals surface area contributed by atoms with Gasteiger partial charge in [-0.25, -0.2) is 9.42 Å². The second-order valence-electron chi connectivity index (χ2n) is 6.86. The van der Waals surface area contributed by atoms with Crippen molar-refractivity contribution in [1.29, 1.82) is 5.26 Å². The molecular weight excluding hydrogens is 422 g/mol. The minimum Gasteiger partial charge on any atom is -0.463 e. The molecule has 0 bridgehead atoms. The van der Waals surface area contributed by atoms with E-state index in [0.29, 0.717) is 16.2 Å². The first-order chi connectivity index (χ1) is 14.8. The molecule has 1 aromatic carbocycles. The van der Waals surface area contributed by atoms with Gasteiger partial charge in [-0.15, -0.1) is 0 Å². The van der Waals surface area contributed by atoms with Crippen molar-refractivity contribution in [3.8, 4) is 6.07 Å². The molecule has 2 aromatic rings. The lowest BCUT2D eigenvalue weighted by Gasteiger charge is -2.32. The molecule has 1 aliphatic rings. The van der Waals surface area contributed by atoms with E-state index in [1.807, 2.05) is 0 Å². The fraction of sp³-hybridized carbons (Fsp3) is 0.286. The van der Waals surface area contributed by atoms with Crippen LogP contribution in [0.5, 0.6) is 0 Å². The molecule has 31 heavy (non-hydrogen) atoms. The fourth-order valence-electron chi connectivity index (χ4n) is 3.71. The van der Waals surface area contributed by atoms with Crippen LogP contribution in [0.15, 0.2) is 51.3 Å². The van der Waals surface area contributed by atoms with E-state index >= 15 is 0 Å². The van der Waals surface area contributed by atoms with E-state index in [-0.39, 0.29) is 35.0 Å². The summed E-state index contributed by atoms with van der Waals surface area (Å²) in [6.07, 6.45) is 0. The highest BCUT2D eigenvalue weighted by Gasteiger charge is 2.42. The van der Waals surface area contributed by atoms with E-state index in [2.05, 4.69) is 21.7 Å². The summed E-state index contributed by atoms with van der Waals surface area (Å²) >= 11 is 6.41. The quantitative estimate of drug-likeness (QED) is 0.673. The largest absolute Gasteiger partial charge is 0.463 e. The number of esters is 1. The summed E-state index contributed by atoms with van der Waals surface area (Å²) in [7, 11) is 0. The van der Waals surface area contributed by atoms with Gasteiger partial charge in [0.15, 0.2) is 0 Å². The molecule has 0 saturated carbocycles. The standard InChI is InChI=1S/C21H20ClN5O4/c1-4-30-21(29)15-10(2)16(19-20(25-11(3)28)27-31-26-19)18(24)13(9-23)17(15)12-7-5-6-8-14(12)22/h5-8,16-17H,4,24H2,1-3H3,(H,25,27,28). The normalized spacial score (nSPS) is 18.5. The Labute approximate surface area is 183 Å². The summed E-state index contributed by atoms with van der Waals surface area (Å²) in [5, 5.41) is 20.5. The molecule has 0 saturated heterocycles. The number of carbonyl (C=O) groups is 2. The summed E-state index contributed by atoms with van der Waals surface area (Å²) in [6.45, 7) is 4.82. The van der Waals surface area contributed by atoms with Crippen molar-refractivity contribution >= 4 is 29.3 Å². The summed E-state index contributed by atoms with van der Waals surface area (Å²) in [4.78, 5) is 24.6. The Morgan fingerprint density at radius 2 is 2.03 bits per heavy atom. The lowest BCUT2D eigenvalue weighted by Crippen LogP contribution is -2.29. The fourth-order valence-corrected chi connectivity index (χ4v) is 3.96. The first-order valence-corrected chi connectivity index (χ1v) is 9.81. The molecule has 1 heterocycles. The molecule has 0 fully saturated rings. The van der Waals surface area contributed by atoms with Crippen molar-refractivity contribution in [2.45, 2.75) is 32.6 Å². The van der Waals surface area contributed by atoms with Crippen LogP contribution in [-0.2, 0) is 14.3 Å². The number of benzene rings is 1. The van der Waals surface area contributed by atoms with E-state index < -0.39 is 23.7 Å². The molecule has 1 amide bonds. The number of hydrogen-bond donors (Lipinski definition) is 2. The monoisotopic (exact) mass is 441 g/mol. The van der Waals surface area contributed by atoms with E-state index in [4.69, 9.17) is 26.7 Å². The Hall–Kier alpha value is -3.64. The van der Waals surface area contributed by atoms with Crippen LogP contribution in [0.3, 0.4) is 0 Å². The van der Waals surface area contributed by atoms with Gasteiger partial charge in [0.2, 0.25) is 11.7 Å². The number of carbonyl (C=O) groups excluding carboxylic acids is 2. The van der Waals surface area contributed by atoms with Gasteiger partial charge in [-0.3, -0.25) is 4.79 Å². The lowest BCUT2D eigenvalue weighted by atomic mass is 9.72. The molecule has 160 valence electrons. The number of aromatic nitrogens is 2. The van der Waals surface area contributed by atoms with Crippen molar-refractivity contribution in [1.82, 2.24) is 10.3 Å². The van der Waals surface area contributed by atoms with Crippen LogP contribution >= 0.6 is 11.6 Å². The van der Waals surface area contributed by atoms with Gasteiger partial charge in [-0.05, 0) is 36.2 Å². The molecule has 0 radical (unpaired) electrons. The maximum atomic E-state index is 13.0. The Kier molecular flexibility index (Phi) is 6.42. The zero-order valence-electron chi connectivity index (χ0n) is 17.1. The highest BCUT2D eigenvalue weighted by atomic mass is 35.5. The number of hydrogen-bond acceptors (Lipinski definition) is 8. The zero-order valence-corrected chi connectivity index (χ0v) is 17.9. The van der Waals surface area contributed by atoms with Crippen molar-refractivity contribution < 1.29 is 19.0 Å². The van der Waals surface area contributed by atoms with Crippen LogP contribution in [0, 0.1) is 11.3 Å². The van der Waals surface area contributed by atoms with E-state index in [1.165, 1.54) is 6.92 Å². The molecule has 1 aliphatic carbocycles. The summed E-state index contributed by atoms with van der Waals surface area (Å²) in [6, 6.07) is 9.02. The zero-order chi connectivity index (χ0) is 22.7. The topological polar surface area (TPSA) is 144 Å². The van der Waals surface area contributed by atoms with Gasteiger partial charge >= 0.3 is 5.97 Å². The van der Waals surface area contributed by atoms with E-state index in [9.17, 15) is 14.9 Å². The Bertz CT molecular complexity index is 1140. The maximum Gasteiger partial charge on any atom is 0.334 e. The van der Waals surface area contributed by atoms with Gasteiger partial charge in [-0.1, -0.05) is 35.0 Å². The van der Waals surface area contributed by atoms with Gasteiger partial charge in [0, 0.05) is 23.2 Å². The molecule has 10 heteroatoms. The molecule has 9 nitrogen and oxygen atoms in total. The highest BCUT2D eigenvalue weighted by Crippen LogP contribution is 2.48. The molecule has 2 atom stereocenters. The summed E-state index contributed by atoms with van der Waals surface area (Å²) < 4.78 is 10.1. The molecule has 2 unspecified atom stereocenters. The molecule has 3 N–H and O–H groups in total. The number of halogens is 1. The number of anilines is 1. The molecular formula is C21H20ClN5O4. The number of ether oxygens (including phenoxy) is 1. The Balaban J connectivity index is 2.29. The van der Waals surface area contributed by atoms with Crippen LogP contribution in [0.4, 0.5) is 5.82 Å². The number of amides is 1. The van der Waals surface area contributed by atoms with Crippen LogP contribution < -0.4 is 11.1 Å². The Morgan fingerprint density at radius 3 is 2.65 bits per heavy atom. The molecule has 3 rings (SSSR count). The smallest absolute Gasteiger partial charge is 0.334 e. The van der Waals surface area contributed by atoms with Crippen LogP contribution in [0.25, 0.3) is 0 Å². The van der Waals surface area contributed by atoms with Crippen molar-refractivity contribution in [2.24, 2.45) is 5.73 Å². The number of nitrogens with zero attached hydrogens (tertiary/aromatic N) is 3. The van der Waals surface area contributed by atoms with Crippen molar-refractivity contribution in [3.63, 3.8) is 0 Å². The molecule has 0 aliphatic heterocycles. The third-order valence-corrected chi connectivity index (χ3v) is 5.32. The van der Waals surface area contributed by atoms with Gasteiger partial charge in [0.05, 0.1) is 30.1 Å². The van der Waals surface area contributed by atoms with Gasteiger partial charge in [0.1, 0.15) is 5.69 Å². The van der Waals surface area contributed by atoms with Crippen molar-refractivity contribution in [2.75, 3.05) is 11.9 Å². The highest BCUT2D eigenvalue weighted by molar-refractivity contribution is 6.31. The number of allylic oxidation sites excluding steroid dienone is 2. The molecule has 0 spiro atoms. The van der Waals surface area contributed by atoms with Crippen LogP contribution in [-0.4, -0.2) is 28.8 Å². The summed E-state index contributed by atoms with van der Waals surface area (Å²) in [5.41, 5.74) is 8.15. The minimum absolute atomic E-state index is 0.0523. The third-order valence-electron chi connectivity index (χ3n) is 4.97. The SMILES string of the molecule is CCOC(=O)C1=C(C)C(c2nonc2NC(C)=O)C(N)=C(C#N)C1c1ccccc1Cl. The number of nitrogens with two attached hydrogens (primary N) is 1. The second-order valence-corrected chi connectivity index (χ2v) is 7.27. The average Bonchev–Trinajstić information content (AvgIpc) is 3.15. The number of rotatable bonds is 5. The van der Waals surface area contributed by atoms with Crippen LogP contribution in [0.1, 0.15) is 43.9 Å². The predicted molar refractivity (Wildman–Crippen MR) is 112 cm³/mol. The summed E-state index contributed by atoms with van der Waals surface area (Å²) in [5.74, 6) is -2.60. The first-order valence-electron chi connectivity index (χ1n) is 9.43. The van der Waals surface area contributed by atoms with Gasteiger partial charge < -0.3 is 15.8 Å². The lowest BCUT2D eigenvalue weighted by molar-refractivity contribution is -0.138. The minimum atomic E-state index is -0.833. The Morgan fingerprint density at radius 1 is 1.32 bits per heavy atom. The second kappa shape index (κ2) is 9.02. The number of nitriles is 1. The van der Waals surface area contributed by atoms with Gasteiger partial charge in [-0.2, -0.15) is 5.26 Å². The third kappa shape index (κ3) is 4.02. The first kappa shape index (κ1) is 22.1. The maximum absolute atomic E-state index is 13.0. The molecule has 1 aromatic heterocycles. The van der Waals surface area contributed by atoms with E-state index in [0.717, 1.165) is 0 Å². The average molecular weight is 442 g/mol. The van der Waals surface area contributed by atoms with Crippen LogP contribution in [0.2, 0.25) is 5.02 Å².